The molecule has 0 aliphatic carbocycles. The van der Waals surface area contributed by atoms with Crippen molar-refractivity contribution in [3.63, 3.8) is 0 Å². The van der Waals surface area contributed by atoms with Crippen molar-refractivity contribution in [1.82, 2.24) is 19.7 Å². The lowest BCUT2D eigenvalue weighted by atomic mass is 10.2. The number of benzene rings is 2. The van der Waals surface area contributed by atoms with E-state index < -0.39 is 0 Å². The lowest BCUT2D eigenvalue weighted by Gasteiger charge is -2.05. The van der Waals surface area contributed by atoms with Gasteiger partial charge in [-0.15, -0.1) is 0 Å². The van der Waals surface area contributed by atoms with Crippen LogP contribution in [0.25, 0.3) is 10.9 Å². The quantitative estimate of drug-likeness (QED) is 0.625. The SMILES string of the molecule is c1ccc(Cn2cc(Nc3ncnc4ccccc34)cn2)cc1. The van der Waals surface area contributed by atoms with E-state index in [0.29, 0.717) is 0 Å². The summed E-state index contributed by atoms with van der Waals surface area (Å²) in [6.07, 6.45) is 5.35. The number of nitrogens with one attached hydrogen (secondary N) is 1. The van der Waals surface area contributed by atoms with E-state index in [1.165, 1.54) is 5.56 Å². The molecule has 0 atom stereocenters. The van der Waals surface area contributed by atoms with Gasteiger partial charge in [0.15, 0.2) is 0 Å². The second-order valence-electron chi connectivity index (χ2n) is 5.28. The molecule has 23 heavy (non-hydrogen) atoms. The molecule has 0 aliphatic heterocycles. The Morgan fingerprint density at radius 1 is 0.913 bits per heavy atom. The van der Waals surface area contributed by atoms with E-state index in [9.17, 15) is 0 Å². The molecule has 0 saturated heterocycles. The molecule has 1 N–H and O–H groups in total. The van der Waals surface area contributed by atoms with E-state index in [2.05, 4.69) is 32.5 Å². The molecule has 2 aromatic heterocycles. The zero-order valence-electron chi connectivity index (χ0n) is 12.4. The van der Waals surface area contributed by atoms with Crippen LogP contribution in [0.5, 0.6) is 0 Å². The smallest absolute Gasteiger partial charge is 0.141 e. The van der Waals surface area contributed by atoms with Crippen molar-refractivity contribution in [3.8, 4) is 0 Å². The highest BCUT2D eigenvalue weighted by Gasteiger charge is 2.05. The van der Waals surface area contributed by atoms with Crippen LogP contribution in [0.3, 0.4) is 0 Å². The second-order valence-corrected chi connectivity index (χ2v) is 5.28. The van der Waals surface area contributed by atoms with Crippen molar-refractivity contribution < 1.29 is 0 Å². The van der Waals surface area contributed by atoms with Crippen LogP contribution in [0.15, 0.2) is 73.3 Å². The van der Waals surface area contributed by atoms with Crippen LogP contribution in [0, 0.1) is 0 Å². The molecule has 112 valence electrons. The fourth-order valence-electron chi connectivity index (χ4n) is 2.53. The summed E-state index contributed by atoms with van der Waals surface area (Å²) in [5.74, 6) is 0.787. The molecule has 2 heterocycles. The van der Waals surface area contributed by atoms with Gasteiger partial charge in [-0.25, -0.2) is 9.97 Å². The first-order valence-electron chi connectivity index (χ1n) is 7.42. The summed E-state index contributed by atoms with van der Waals surface area (Å²) in [7, 11) is 0. The lowest BCUT2D eigenvalue weighted by Crippen LogP contribution is -1.99. The van der Waals surface area contributed by atoms with Gasteiger partial charge in [0.1, 0.15) is 12.1 Å². The van der Waals surface area contributed by atoms with Gasteiger partial charge < -0.3 is 5.32 Å². The highest BCUT2D eigenvalue weighted by Crippen LogP contribution is 2.22. The highest BCUT2D eigenvalue weighted by atomic mass is 15.3. The van der Waals surface area contributed by atoms with Gasteiger partial charge in [0, 0.05) is 11.6 Å². The Morgan fingerprint density at radius 2 is 1.74 bits per heavy atom. The zero-order valence-corrected chi connectivity index (χ0v) is 12.4. The molecule has 0 bridgehead atoms. The third-order valence-corrected chi connectivity index (χ3v) is 3.63. The van der Waals surface area contributed by atoms with Crippen LogP contribution < -0.4 is 5.32 Å². The van der Waals surface area contributed by atoms with Crippen molar-refractivity contribution >= 4 is 22.4 Å². The number of fused-ring (bicyclic) bond motifs is 1. The molecule has 5 nitrogen and oxygen atoms in total. The standard InChI is InChI=1S/C18H15N5/c1-2-6-14(7-3-1)11-23-12-15(10-21-23)22-18-16-8-4-5-9-17(16)19-13-20-18/h1-10,12-13H,11H2,(H,19,20,22). The average molecular weight is 301 g/mol. The van der Waals surface area contributed by atoms with E-state index >= 15 is 0 Å². The van der Waals surface area contributed by atoms with E-state index in [4.69, 9.17) is 0 Å². The minimum absolute atomic E-state index is 0.743. The number of hydrogen-bond acceptors (Lipinski definition) is 4. The highest BCUT2D eigenvalue weighted by molar-refractivity contribution is 5.90. The first-order chi connectivity index (χ1) is 11.4. The average Bonchev–Trinajstić information content (AvgIpc) is 3.03. The number of anilines is 2. The fraction of sp³-hybridized carbons (Fsp3) is 0.0556. The molecule has 0 unspecified atom stereocenters. The van der Waals surface area contributed by atoms with Crippen LogP contribution in [-0.4, -0.2) is 19.7 Å². The molecule has 0 spiro atoms. The first kappa shape index (κ1) is 13.5. The van der Waals surface area contributed by atoms with Crippen molar-refractivity contribution in [2.75, 3.05) is 5.32 Å². The van der Waals surface area contributed by atoms with Crippen LogP contribution in [0.4, 0.5) is 11.5 Å². The Balaban J connectivity index is 1.57. The van der Waals surface area contributed by atoms with Crippen LogP contribution in [0.1, 0.15) is 5.56 Å². The summed E-state index contributed by atoms with van der Waals surface area (Å²) in [4.78, 5) is 8.61. The molecule has 0 amide bonds. The maximum atomic E-state index is 4.40. The van der Waals surface area contributed by atoms with Crippen LogP contribution in [0.2, 0.25) is 0 Å². The number of aromatic nitrogens is 4. The van der Waals surface area contributed by atoms with Gasteiger partial charge in [0.25, 0.3) is 0 Å². The van der Waals surface area contributed by atoms with Gasteiger partial charge in [-0.1, -0.05) is 42.5 Å². The van der Waals surface area contributed by atoms with Gasteiger partial charge >= 0.3 is 0 Å². The number of hydrogen-bond donors (Lipinski definition) is 1. The van der Waals surface area contributed by atoms with Crippen molar-refractivity contribution in [3.05, 3.63) is 78.9 Å². The Morgan fingerprint density at radius 3 is 2.65 bits per heavy atom. The maximum absolute atomic E-state index is 4.40. The van der Waals surface area contributed by atoms with Crippen LogP contribution in [-0.2, 0) is 6.54 Å². The van der Waals surface area contributed by atoms with Gasteiger partial charge in [-0.2, -0.15) is 5.10 Å². The summed E-state index contributed by atoms with van der Waals surface area (Å²) in [5, 5.41) is 8.71. The summed E-state index contributed by atoms with van der Waals surface area (Å²) in [6.45, 7) is 0.743. The number of rotatable bonds is 4. The molecule has 5 heteroatoms. The number of para-hydroxylation sites is 1. The van der Waals surface area contributed by atoms with Gasteiger partial charge in [-0.05, 0) is 17.7 Å². The molecular weight excluding hydrogens is 286 g/mol. The largest absolute Gasteiger partial charge is 0.337 e. The van der Waals surface area contributed by atoms with Gasteiger partial charge in [0.2, 0.25) is 0 Å². The van der Waals surface area contributed by atoms with E-state index in [1.54, 1.807) is 12.5 Å². The fourth-order valence-corrected chi connectivity index (χ4v) is 2.53. The molecule has 0 radical (unpaired) electrons. The third-order valence-electron chi connectivity index (χ3n) is 3.63. The molecule has 0 saturated carbocycles. The third kappa shape index (κ3) is 2.89. The maximum Gasteiger partial charge on any atom is 0.141 e. The van der Waals surface area contributed by atoms with Gasteiger partial charge in [0.05, 0.1) is 23.9 Å². The van der Waals surface area contributed by atoms with E-state index in [0.717, 1.165) is 29.0 Å². The predicted molar refractivity (Wildman–Crippen MR) is 90.6 cm³/mol. The van der Waals surface area contributed by atoms with Crippen molar-refractivity contribution in [1.29, 1.82) is 0 Å². The second kappa shape index (κ2) is 5.88. The molecule has 4 rings (SSSR count). The zero-order chi connectivity index (χ0) is 15.5. The molecule has 4 aromatic rings. The summed E-state index contributed by atoms with van der Waals surface area (Å²) >= 11 is 0. The lowest BCUT2D eigenvalue weighted by molar-refractivity contribution is 0.687. The number of nitrogens with zero attached hydrogens (tertiary/aromatic N) is 4. The Bertz CT molecular complexity index is 925. The Labute approximate surface area is 133 Å². The first-order valence-corrected chi connectivity index (χ1v) is 7.42. The Hall–Kier alpha value is -3.21. The minimum atomic E-state index is 0.743. The molecule has 2 aromatic carbocycles. The monoisotopic (exact) mass is 301 g/mol. The summed E-state index contributed by atoms with van der Waals surface area (Å²) < 4.78 is 1.90. The molecular formula is C18H15N5. The Kier molecular flexibility index (Phi) is 3.44. The molecule has 0 aliphatic rings. The van der Waals surface area contributed by atoms with E-state index in [-0.39, 0.29) is 0 Å². The van der Waals surface area contributed by atoms with Crippen molar-refractivity contribution in [2.45, 2.75) is 6.54 Å². The van der Waals surface area contributed by atoms with Crippen LogP contribution >= 0.6 is 0 Å². The minimum Gasteiger partial charge on any atom is -0.337 e. The molecule has 0 fully saturated rings. The predicted octanol–water partition coefficient (Wildman–Crippen LogP) is 3.62. The summed E-state index contributed by atoms with van der Waals surface area (Å²) in [5.41, 5.74) is 3.04. The van der Waals surface area contributed by atoms with Gasteiger partial charge in [-0.3, -0.25) is 4.68 Å². The van der Waals surface area contributed by atoms with E-state index in [1.807, 2.05) is 53.3 Å². The topological polar surface area (TPSA) is 55.6 Å². The van der Waals surface area contributed by atoms with Crippen molar-refractivity contribution in [2.24, 2.45) is 0 Å². The summed E-state index contributed by atoms with van der Waals surface area (Å²) in [6, 6.07) is 18.2. The normalized spacial score (nSPS) is 10.8.